The fourth-order valence-corrected chi connectivity index (χ4v) is 3.24. The number of amides is 3. The van der Waals surface area contributed by atoms with E-state index < -0.39 is 5.54 Å². The zero-order chi connectivity index (χ0) is 17.6. The zero-order valence-electron chi connectivity index (χ0n) is 14.3. The van der Waals surface area contributed by atoms with Gasteiger partial charge in [-0.1, -0.05) is 12.1 Å². The largest absolute Gasteiger partial charge is 0.378 e. The van der Waals surface area contributed by atoms with Crippen LogP contribution in [0.1, 0.15) is 37.2 Å². The molecule has 0 radical (unpaired) electrons. The maximum Gasteiger partial charge on any atom is 0.325 e. The molecule has 3 amide bonds. The Labute approximate surface area is 146 Å². The van der Waals surface area contributed by atoms with E-state index in [0.717, 1.165) is 22.0 Å². The summed E-state index contributed by atoms with van der Waals surface area (Å²) in [5, 5.41) is 6.11. The van der Waals surface area contributed by atoms with E-state index >= 15 is 0 Å². The van der Waals surface area contributed by atoms with Crippen molar-refractivity contribution in [1.82, 2.24) is 19.8 Å². The number of hydrogen-bond acceptors (Lipinski definition) is 4. The predicted molar refractivity (Wildman–Crippen MR) is 92.9 cm³/mol. The van der Waals surface area contributed by atoms with E-state index in [2.05, 4.69) is 20.2 Å². The number of nitrogens with zero attached hydrogens (tertiary/aromatic N) is 3. The molecule has 1 aliphatic heterocycles. The first-order chi connectivity index (χ1) is 12.0. The molecule has 2 fully saturated rings. The molecule has 2 aliphatic rings. The van der Waals surface area contributed by atoms with Crippen molar-refractivity contribution >= 4 is 17.6 Å². The van der Waals surface area contributed by atoms with Gasteiger partial charge in [0.15, 0.2) is 0 Å². The van der Waals surface area contributed by atoms with Crippen molar-refractivity contribution in [2.75, 3.05) is 12.4 Å². The van der Waals surface area contributed by atoms with Crippen LogP contribution in [0.4, 0.5) is 10.5 Å². The zero-order valence-corrected chi connectivity index (χ0v) is 14.3. The third-order valence-corrected chi connectivity index (χ3v) is 5.00. The normalized spacial score (nSPS) is 23.0. The highest BCUT2D eigenvalue weighted by atomic mass is 16.2. The monoisotopic (exact) mass is 339 g/mol. The van der Waals surface area contributed by atoms with Crippen molar-refractivity contribution in [2.24, 2.45) is 0 Å². The maximum atomic E-state index is 12.3. The van der Waals surface area contributed by atoms with E-state index in [1.54, 1.807) is 6.92 Å². The number of likely N-dealkylation sites (N-methyl/N-ethyl adjacent to an activating group) is 1. The topological polar surface area (TPSA) is 79.3 Å². The lowest BCUT2D eigenvalue weighted by molar-refractivity contribution is -0.130. The average Bonchev–Trinajstić information content (AvgIpc) is 3.32. The molecule has 7 heteroatoms. The summed E-state index contributed by atoms with van der Waals surface area (Å²) in [5.41, 5.74) is 0.704. The lowest BCUT2D eigenvalue weighted by atomic mass is 9.92. The van der Waals surface area contributed by atoms with Gasteiger partial charge in [0.1, 0.15) is 11.4 Å². The van der Waals surface area contributed by atoms with Crippen molar-refractivity contribution in [3.8, 4) is 0 Å². The molecule has 1 unspecified atom stereocenters. The SMILES string of the molecule is CN1C(=O)NC(C)(c2ccc(NCc3nccn3C3CC3)cc2)C1=O. The number of carbonyl (C=O) groups is 2. The Morgan fingerprint density at radius 2 is 2.00 bits per heavy atom. The summed E-state index contributed by atoms with van der Waals surface area (Å²) in [6.45, 7) is 2.38. The summed E-state index contributed by atoms with van der Waals surface area (Å²) in [7, 11) is 1.49. The van der Waals surface area contributed by atoms with E-state index in [1.165, 1.54) is 19.9 Å². The van der Waals surface area contributed by atoms with Crippen LogP contribution in [-0.4, -0.2) is 33.4 Å². The van der Waals surface area contributed by atoms with Crippen LogP contribution in [0.15, 0.2) is 36.7 Å². The Bertz CT molecular complexity index is 824. The number of benzene rings is 1. The second-order valence-corrected chi connectivity index (χ2v) is 6.83. The fourth-order valence-electron chi connectivity index (χ4n) is 3.24. The first kappa shape index (κ1) is 15.7. The van der Waals surface area contributed by atoms with Crippen LogP contribution in [0.3, 0.4) is 0 Å². The highest BCUT2D eigenvalue weighted by Gasteiger charge is 2.47. The summed E-state index contributed by atoms with van der Waals surface area (Å²) in [6, 6.07) is 7.81. The highest BCUT2D eigenvalue weighted by molar-refractivity contribution is 6.06. The summed E-state index contributed by atoms with van der Waals surface area (Å²) in [4.78, 5) is 29.6. The quantitative estimate of drug-likeness (QED) is 0.819. The van der Waals surface area contributed by atoms with Crippen LogP contribution in [0.2, 0.25) is 0 Å². The number of imide groups is 1. The number of imidazole rings is 1. The molecular formula is C18H21N5O2. The average molecular weight is 339 g/mol. The van der Waals surface area contributed by atoms with Crippen LogP contribution in [0.25, 0.3) is 0 Å². The van der Waals surface area contributed by atoms with Gasteiger partial charge in [-0.05, 0) is 37.5 Å². The smallest absolute Gasteiger partial charge is 0.325 e. The van der Waals surface area contributed by atoms with Gasteiger partial charge in [-0.2, -0.15) is 0 Å². The molecule has 1 aliphatic carbocycles. The molecule has 2 heterocycles. The molecular weight excluding hydrogens is 318 g/mol. The summed E-state index contributed by atoms with van der Waals surface area (Å²) in [6.07, 6.45) is 6.32. The van der Waals surface area contributed by atoms with Crippen LogP contribution in [0.5, 0.6) is 0 Å². The van der Waals surface area contributed by atoms with Gasteiger partial charge in [-0.25, -0.2) is 9.78 Å². The summed E-state index contributed by atoms with van der Waals surface area (Å²) >= 11 is 0. The van der Waals surface area contributed by atoms with Gasteiger partial charge in [0.25, 0.3) is 5.91 Å². The van der Waals surface area contributed by atoms with Gasteiger partial charge >= 0.3 is 6.03 Å². The van der Waals surface area contributed by atoms with Crippen LogP contribution in [0, 0.1) is 0 Å². The van der Waals surface area contributed by atoms with E-state index in [-0.39, 0.29) is 11.9 Å². The number of rotatable bonds is 5. The minimum Gasteiger partial charge on any atom is -0.378 e. The summed E-state index contributed by atoms with van der Waals surface area (Å²) in [5.74, 6) is 0.781. The Morgan fingerprint density at radius 1 is 1.28 bits per heavy atom. The number of carbonyl (C=O) groups excluding carboxylic acids is 2. The molecule has 1 saturated carbocycles. The number of hydrogen-bond donors (Lipinski definition) is 2. The molecule has 1 saturated heterocycles. The van der Waals surface area contributed by atoms with Gasteiger partial charge in [-0.15, -0.1) is 0 Å². The van der Waals surface area contributed by atoms with Crippen molar-refractivity contribution in [2.45, 2.75) is 37.9 Å². The first-order valence-electron chi connectivity index (χ1n) is 8.45. The van der Waals surface area contributed by atoms with Crippen molar-refractivity contribution < 1.29 is 9.59 Å². The number of anilines is 1. The molecule has 1 aromatic carbocycles. The molecule has 0 spiro atoms. The Balaban J connectivity index is 1.46. The van der Waals surface area contributed by atoms with E-state index in [4.69, 9.17) is 0 Å². The highest BCUT2D eigenvalue weighted by Crippen LogP contribution is 2.35. The van der Waals surface area contributed by atoms with E-state index in [9.17, 15) is 9.59 Å². The van der Waals surface area contributed by atoms with E-state index in [0.29, 0.717) is 12.6 Å². The Kier molecular flexibility index (Phi) is 3.52. The third kappa shape index (κ3) is 2.65. The molecule has 2 N–H and O–H groups in total. The summed E-state index contributed by atoms with van der Waals surface area (Å²) < 4.78 is 2.23. The lowest BCUT2D eigenvalue weighted by Gasteiger charge is -2.22. The standard InChI is InChI=1S/C18H21N5O2/c1-18(16(24)22(2)17(25)21-18)12-3-5-13(6-4-12)20-11-15-19-9-10-23(15)14-7-8-14/h3-6,9-10,14,20H,7-8,11H2,1-2H3,(H,21,25). The van der Waals surface area contributed by atoms with Crippen LogP contribution >= 0.6 is 0 Å². The molecule has 7 nitrogen and oxygen atoms in total. The second kappa shape index (κ2) is 5.61. The number of aromatic nitrogens is 2. The van der Waals surface area contributed by atoms with Gasteiger partial charge in [-0.3, -0.25) is 9.69 Å². The molecule has 1 aromatic heterocycles. The molecule has 25 heavy (non-hydrogen) atoms. The second-order valence-electron chi connectivity index (χ2n) is 6.83. The molecule has 1 atom stereocenters. The van der Waals surface area contributed by atoms with Crippen molar-refractivity contribution in [3.05, 3.63) is 48.0 Å². The minimum atomic E-state index is -1.01. The molecule has 130 valence electrons. The third-order valence-electron chi connectivity index (χ3n) is 5.00. The van der Waals surface area contributed by atoms with Crippen LogP contribution < -0.4 is 10.6 Å². The maximum absolute atomic E-state index is 12.3. The van der Waals surface area contributed by atoms with Crippen LogP contribution in [-0.2, 0) is 16.9 Å². The van der Waals surface area contributed by atoms with Gasteiger partial charge in [0, 0.05) is 31.2 Å². The molecule has 2 aromatic rings. The molecule has 0 bridgehead atoms. The van der Waals surface area contributed by atoms with Crippen molar-refractivity contribution in [3.63, 3.8) is 0 Å². The van der Waals surface area contributed by atoms with Gasteiger partial charge in [0.05, 0.1) is 6.54 Å². The fraction of sp³-hybridized carbons (Fsp3) is 0.389. The van der Waals surface area contributed by atoms with E-state index in [1.807, 2.05) is 36.7 Å². The Morgan fingerprint density at radius 3 is 2.60 bits per heavy atom. The van der Waals surface area contributed by atoms with Gasteiger partial charge < -0.3 is 15.2 Å². The predicted octanol–water partition coefficient (Wildman–Crippen LogP) is 2.23. The minimum absolute atomic E-state index is 0.246. The van der Waals surface area contributed by atoms with Crippen molar-refractivity contribution in [1.29, 1.82) is 0 Å². The molecule has 4 rings (SSSR count). The number of urea groups is 1. The first-order valence-corrected chi connectivity index (χ1v) is 8.45. The lowest BCUT2D eigenvalue weighted by Crippen LogP contribution is -2.40. The van der Waals surface area contributed by atoms with Gasteiger partial charge in [0.2, 0.25) is 0 Å². The number of nitrogens with one attached hydrogen (secondary N) is 2. The Hall–Kier alpha value is -2.83.